The highest BCUT2D eigenvalue weighted by molar-refractivity contribution is 6.34. The first-order valence-electron chi connectivity index (χ1n) is 13.9. The molecule has 0 bridgehead atoms. The monoisotopic (exact) mass is 563 g/mol. The largest absolute Gasteiger partial charge is 0.356 e. The van der Waals surface area contributed by atoms with E-state index in [0.29, 0.717) is 12.1 Å². The first-order valence-corrected chi connectivity index (χ1v) is 14.3. The van der Waals surface area contributed by atoms with Gasteiger partial charge in [0.05, 0.1) is 16.6 Å². The smallest absolute Gasteiger partial charge is 0.255 e. The SMILES string of the molecule is CCN(C(=O)c1cccc(F)c1Cl)C1CCc2ccc(C(=O)N(C)C3CCN(c4cc(C)nc(C)n4)CC3)cc21. The fourth-order valence-electron chi connectivity index (χ4n) is 6.08. The summed E-state index contributed by atoms with van der Waals surface area (Å²) in [6, 6.07) is 12.1. The number of benzene rings is 2. The maximum Gasteiger partial charge on any atom is 0.255 e. The molecule has 0 spiro atoms. The van der Waals surface area contributed by atoms with Crippen molar-refractivity contribution in [1.29, 1.82) is 0 Å². The highest BCUT2D eigenvalue weighted by atomic mass is 35.5. The van der Waals surface area contributed by atoms with E-state index in [1.165, 1.54) is 12.1 Å². The standard InChI is InChI=1S/C31H35ClFN5O2/c1-5-38(31(40)24-7-6-8-26(33)29(24)32)27-12-11-21-9-10-22(18-25(21)27)30(39)36(4)23-13-15-37(16-14-23)28-17-19(2)34-20(3)35-28/h6-10,17-18,23,27H,5,11-16H2,1-4H3. The molecule has 2 aliphatic rings. The van der Waals surface area contributed by atoms with Gasteiger partial charge >= 0.3 is 0 Å². The number of carbonyl (C=O) groups excluding carboxylic acids is 2. The lowest BCUT2D eigenvalue weighted by atomic mass is 9.99. The number of anilines is 1. The first-order chi connectivity index (χ1) is 19.2. The quantitative estimate of drug-likeness (QED) is 0.380. The molecule has 3 aromatic rings. The van der Waals surface area contributed by atoms with Gasteiger partial charge in [0.2, 0.25) is 0 Å². The van der Waals surface area contributed by atoms with Crippen molar-refractivity contribution in [3.63, 3.8) is 0 Å². The van der Waals surface area contributed by atoms with Crippen molar-refractivity contribution < 1.29 is 14.0 Å². The average Bonchev–Trinajstić information content (AvgIpc) is 3.36. The molecule has 0 N–H and O–H groups in total. The van der Waals surface area contributed by atoms with E-state index in [-0.39, 0.29) is 34.5 Å². The minimum atomic E-state index is -0.612. The second-order valence-corrected chi connectivity index (χ2v) is 11.1. The first kappa shape index (κ1) is 28.0. The van der Waals surface area contributed by atoms with Gasteiger partial charge in [-0.25, -0.2) is 14.4 Å². The van der Waals surface area contributed by atoms with Gasteiger partial charge in [0.15, 0.2) is 0 Å². The molecule has 1 aliphatic heterocycles. The van der Waals surface area contributed by atoms with Crippen LogP contribution in [0, 0.1) is 19.7 Å². The summed E-state index contributed by atoms with van der Waals surface area (Å²) < 4.78 is 14.1. The van der Waals surface area contributed by atoms with Gasteiger partial charge in [-0.2, -0.15) is 0 Å². The second kappa shape index (κ2) is 11.5. The van der Waals surface area contributed by atoms with Crippen LogP contribution in [0.1, 0.15) is 75.6 Å². The Morgan fingerprint density at radius 1 is 1.05 bits per heavy atom. The number of carbonyl (C=O) groups is 2. The van der Waals surface area contributed by atoms with Crippen molar-refractivity contribution >= 4 is 29.2 Å². The van der Waals surface area contributed by atoms with E-state index in [4.69, 9.17) is 11.6 Å². The predicted octanol–water partition coefficient (Wildman–Crippen LogP) is 5.78. The molecule has 210 valence electrons. The molecule has 2 heterocycles. The molecule has 40 heavy (non-hydrogen) atoms. The number of nitrogens with zero attached hydrogens (tertiary/aromatic N) is 5. The van der Waals surface area contributed by atoms with E-state index in [2.05, 4.69) is 14.9 Å². The van der Waals surface area contributed by atoms with Crippen molar-refractivity contribution in [2.45, 2.75) is 58.5 Å². The average molecular weight is 564 g/mol. The van der Waals surface area contributed by atoms with Gasteiger partial charge in [-0.1, -0.05) is 23.7 Å². The molecule has 2 amide bonds. The third-order valence-electron chi connectivity index (χ3n) is 8.21. The molecule has 2 aromatic carbocycles. The zero-order valence-corrected chi connectivity index (χ0v) is 24.2. The van der Waals surface area contributed by atoms with E-state index < -0.39 is 5.82 Å². The summed E-state index contributed by atoms with van der Waals surface area (Å²) in [7, 11) is 1.88. The van der Waals surface area contributed by atoms with Crippen LogP contribution in [-0.2, 0) is 6.42 Å². The lowest BCUT2D eigenvalue weighted by molar-refractivity contribution is 0.0687. The van der Waals surface area contributed by atoms with E-state index in [1.807, 2.05) is 57.0 Å². The van der Waals surface area contributed by atoms with Crippen LogP contribution in [0.3, 0.4) is 0 Å². The van der Waals surface area contributed by atoms with Crippen molar-refractivity contribution in [3.8, 4) is 0 Å². The molecule has 9 heteroatoms. The molecule has 0 radical (unpaired) electrons. The van der Waals surface area contributed by atoms with E-state index in [9.17, 15) is 14.0 Å². The highest BCUT2D eigenvalue weighted by Gasteiger charge is 2.33. The fourth-order valence-corrected chi connectivity index (χ4v) is 6.28. The molecule has 7 nitrogen and oxygen atoms in total. The molecular weight excluding hydrogens is 529 g/mol. The third-order valence-corrected chi connectivity index (χ3v) is 8.59. The van der Waals surface area contributed by atoms with Crippen LogP contribution in [0.15, 0.2) is 42.5 Å². The summed E-state index contributed by atoms with van der Waals surface area (Å²) in [5, 5.41) is -0.161. The Kier molecular flexibility index (Phi) is 8.08. The fraction of sp³-hybridized carbons (Fsp3) is 0.419. The zero-order chi connectivity index (χ0) is 28.6. The van der Waals surface area contributed by atoms with Gasteiger partial charge in [0, 0.05) is 50.0 Å². The molecule has 1 saturated heterocycles. The molecular formula is C31H35ClFN5O2. The van der Waals surface area contributed by atoms with E-state index in [0.717, 1.165) is 67.2 Å². The van der Waals surface area contributed by atoms with Gasteiger partial charge < -0.3 is 14.7 Å². The summed E-state index contributed by atoms with van der Waals surface area (Å²) in [4.78, 5) is 41.9. The molecule has 1 unspecified atom stereocenters. The minimum absolute atomic E-state index is 0.0248. The number of hydrogen-bond donors (Lipinski definition) is 0. The van der Waals surface area contributed by atoms with Crippen LogP contribution in [0.4, 0.5) is 10.2 Å². The normalized spacial score (nSPS) is 17.1. The maximum absolute atomic E-state index is 14.1. The Labute approximate surface area is 240 Å². The molecule has 1 fully saturated rings. The van der Waals surface area contributed by atoms with Crippen LogP contribution < -0.4 is 4.90 Å². The number of hydrogen-bond acceptors (Lipinski definition) is 5. The molecule has 5 rings (SSSR count). The van der Waals surface area contributed by atoms with E-state index >= 15 is 0 Å². The molecule has 1 aromatic heterocycles. The number of aryl methyl sites for hydroxylation is 3. The number of rotatable bonds is 6. The van der Waals surface area contributed by atoms with Crippen LogP contribution >= 0.6 is 11.6 Å². The zero-order valence-electron chi connectivity index (χ0n) is 23.5. The number of fused-ring (bicyclic) bond motifs is 1. The number of amides is 2. The molecule has 1 atom stereocenters. The maximum atomic E-state index is 14.1. The molecule has 0 saturated carbocycles. The Morgan fingerprint density at radius 2 is 1.80 bits per heavy atom. The number of halogens is 2. The van der Waals surface area contributed by atoms with Crippen molar-refractivity contribution in [2.24, 2.45) is 0 Å². The highest BCUT2D eigenvalue weighted by Crippen LogP contribution is 2.38. The minimum Gasteiger partial charge on any atom is -0.356 e. The Bertz CT molecular complexity index is 1420. The summed E-state index contributed by atoms with van der Waals surface area (Å²) in [6.07, 6.45) is 3.26. The van der Waals surface area contributed by atoms with Gasteiger partial charge in [-0.15, -0.1) is 0 Å². The van der Waals surface area contributed by atoms with Gasteiger partial charge in [0.25, 0.3) is 11.8 Å². The predicted molar refractivity (Wildman–Crippen MR) is 154 cm³/mol. The second-order valence-electron chi connectivity index (χ2n) is 10.7. The Balaban J connectivity index is 1.30. The molecule has 1 aliphatic carbocycles. The van der Waals surface area contributed by atoms with Crippen LogP contribution in [0.2, 0.25) is 5.02 Å². The lowest BCUT2D eigenvalue weighted by Crippen LogP contribution is -2.46. The van der Waals surface area contributed by atoms with Crippen molar-refractivity contribution in [3.05, 3.63) is 87.1 Å². The van der Waals surface area contributed by atoms with E-state index in [1.54, 1.807) is 11.0 Å². The van der Waals surface area contributed by atoms with Crippen molar-refractivity contribution in [2.75, 3.05) is 31.6 Å². The van der Waals surface area contributed by atoms with Gasteiger partial charge in [-0.05, 0) is 81.8 Å². The number of piperidine rings is 1. The van der Waals surface area contributed by atoms with Crippen LogP contribution in [-0.4, -0.2) is 64.3 Å². The number of aromatic nitrogens is 2. The van der Waals surface area contributed by atoms with Gasteiger partial charge in [-0.3, -0.25) is 9.59 Å². The summed E-state index contributed by atoms with van der Waals surface area (Å²) in [6.45, 7) is 7.87. The Morgan fingerprint density at radius 3 is 2.50 bits per heavy atom. The Hall–Kier alpha value is -3.52. The van der Waals surface area contributed by atoms with Gasteiger partial charge in [0.1, 0.15) is 17.5 Å². The summed E-state index contributed by atoms with van der Waals surface area (Å²) >= 11 is 6.15. The topological polar surface area (TPSA) is 69.6 Å². The lowest BCUT2D eigenvalue weighted by Gasteiger charge is -2.37. The summed E-state index contributed by atoms with van der Waals surface area (Å²) in [5.41, 5.74) is 3.83. The third kappa shape index (κ3) is 5.42. The van der Waals surface area contributed by atoms with Crippen LogP contribution in [0.25, 0.3) is 0 Å². The van der Waals surface area contributed by atoms with Crippen molar-refractivity contribution in [1.82, 2.24) is 19.8 Å². The summed E-state index contributed by atoms with van der Waals surface area (Å²) in [5.74, 6) is 0.764. The van der Waals surface area contributed by atoms with Crippen LogP contribution in [0.5, 0.6) is 0 Å².